The van der Waals surface area contributed by atoms with Crippen LogP contribution >= 0.6 is 0 Å². The molecule has 0 aliphatic heterocycles. The van der Waals surface area contributed by atoms with Gasteiger partial charge in [-0.1, -0.05) is 19.1 Å². The summed E-state index contributed by atoms with van der Waals surface area (Å²) in [6.45, 7) is 5.03. The number of nitrogen functional groups attached to an aromatic ring is 1. The Hall–Kier alpha value is -1.77. The highest BCUT2D eigenvalue weighted by molar-refractivity contribution is 5.50. The van der Waals surface area contributed by atoms with Gasteiger partial charge in [-0.25, -0.2) is 4.98 Å². The third kappa shape index (κ3) is 1.94. The zero-order valence-electron chi connectivity index (χ0n) is 9.77. The maximum Gasteiger partial charge on any atom is 0.108 e. The van der Waals surface area contributed by atoms with E-state index in [4.69, 9.17) is 5.73 Å². The molecule has 2 N–H and O–H groups in total. The first-order valence-electron chi connectivity index (χ1n) is 5.56. The molecule has 0 radical (unpaired) electrons. The van der Waals surface area contributed by atoms with E-state index in [9.17, 15) is 0 Å². The van der Waals surface area contributed by atoms with Crippen LogP contribution in [0.5, 0.6) is 0 Å². The molecule has 0 bridgehead atoms. The molecule has 0 saturated carbocycles. The highest BCUT2D eigenvalue weighted by atomic mass is 15.1. The SMILES string of the molecule is CCc1nccn1Cc1cccc(N)c1C. The first-order chi connectivity index (χ1) is 7.72. The van der Waals surface area contributed by atoms with E-state index in [0.29, 0.717) is 0 Å². The molecule has 3 heteroatoms. The fraction of sp³-hybridized carbons (Fsp3) is 0.308. The van der Waals surface area contributed by atoms with Crippen molar-refractivity contribution in [3.8, 4) is 0 Å². The van der Waals surface area contributed by atoms with Gasteiger partial charge in [-0.2, -0.15) is 0 Å². The summed E-state index contributed by atoms with van der Waals surface area (Å²) in [5.74, 6) is 1.11. The van der Waals surface area contributed by atoms with Crippen molar-refractivity contribution in [2.45, 2.75) is 26.8 Å². The lowest BCUT2D eigenvalue weighted by molar-refractivity contribution is 0.729. The third-order valence-corrected chi connectivity index (χ3v) is 2.95. The van der Waals surface area contributed by atoms with E-state index in [1.165, 1.54) is 11.1 Å². The zero-order valence-corrected chi connectivity index (χ0v) is 9.77. The summed E-state index contributed by atoms with van der Waals surface area (Å²) in [6.07, 6.45) is 4.82. The van der Waals surface area contributed by atoms with E-state index >= 15 is 0 Å². The van der Waals surface area contributed by atoms with E-state index in [-0.39, 0.29) is 0 Å². The van der Waals surface area contributed by atoms with Crippen molar-refractivity contribution in [3.63, 3.8) is 0 Å². The van der Waals surface area contributed by atoms with Crippen LogP contribution in [0.4, 0.5) is 5.69 Å². The lowest BCUT2D eigenvalue weighted by Crippen LogP contribution is -2.05. The Bertz CT molecular complexity index is 486. The second-order valence-corrected chi connectivity index (χ2v) is 3.96. The van der Waals surface area contributed by atoms with E-state index in [0.717, 1.165) is 24.5 Å². The van der Waals surface area contributed by atoms with Crippen molar-refractivity contribution in [2.75, 3.05) is 5.73 Å². The number of nitrogens with zero attached hydrogens (tertiary/aromatic N) is 2. The lowest BCUT2D eigenvalue weighted by Gasteiger charge is -2.10. The molecule has 1 heterocycles. The molecule has 0 saturated heterocycles. The Balaban J connectivity index is 2.30. The van der Waals surface area contributed by atoms with Crippen LogP contribution < -0.4 is 5.73 Å². The van der Waals surface area contributed by atoms with Gasteiger partial charge in [0, 0.05) is 31.0 Å². The van der Waals surface area contributed by atoms with Gasteiger partial charge in [-0.15, -0.1) is 0 Å². The van der Waals surface area contributed by atoms with Crippen LogP contribution in [-0.2, 0) is 13.0 Å². The van der Waals surface area contributed by atoms with Crippen LogP contribution in [0.3, 0.4) is 0 Å². The molecule has 84 valence electrons. The molecule has 0 spiro atoms. The van der Waals surface area contributed by atoms with Gasteiger partial charge < -0.3 is 10.3 Å². The van der Waals surface area contributed by atoms with E-state index in [2.05, 4.69) is 29.5 Å². The topological polar surface area (TPSA) is 43.8 Å². The maximum atomic E-state index is 5.90. The second kappa shape index (κ2) is 4.39. The molecule has 2 rings (SSSR count). The molecule has 1 aromatic heterocycles. The molecule has 0 aliphatic rings. The number of hydrogen-bond acceptors (Lipinski definition) is 2. The van der Waals surface area contributed by atoms with E-state index in [1.54, 1.807) is 0 Å². The first-order valence-corrected chi connectivity index (χ1v) is 5.56. The molecule has 0 aliphatic carbocycles. The largest absolute Gasteiger partial charge is 0.399 e. The predicted octanol–water partition coefficient (Wildman–Crippen LogP) is 2.38. The Kier molecular flexibility index (Phi) is 2.95. The van der Waals surface area contributed by atoms with Crippen molar-refractivity contribution in [3.05, 3.63) is 47.5 Å². The summed E-state index contributed by atoms with van der Waals surface area (Å²) < 4.78 is 2.17. The highest BCUT2D eigenvalue weighted by Crippen LogP contribution is 2.17. The number of benzene rings is 1. The van der Waals surface area contributed by atoms with Crippen LogP contribution in [0, 0.1) is 6.92 Å². The molecular weight excluding hydrogens is 198 g/mol. The Morgan fingerprint density at radius 3 is 2.94 bits per heavy atom. The molecule has 0 unspecified atom stereocenters. The molecule has 0 fully saturated rings. The van der Waals surface area contributed by atoms with Gasteiger partial charge in [0.15, 0.2) is 0 Å². The maximum absolute atomic E-state index is 5.90. The number of aromatic nitrogens is 2. The van der Waals surface area contributed by atoms with Crippen LogP contribution in [0.1, 0.15) is 23.9 Å². The van der Waals surface area contributed by atoms with Crippen molar-refractivity contribution < 1.29 is 0 Å². The third-order valence-electron chi connectivity index (χ3n) is 2.95. The van der Waals surface area contributed by atoms with Crippen LogP contribution in [0.2, 0.25) is 0 Å². The number of anilines is 1. The van der Waals surface area contributed by atoms with E-state index in [1.807, 2.05) is 24.5 Å². The standard InChI is InChI=1S/C13H17N3/c1-3-13-15-7-8-16(13)9-11-5-4-6-12(14)10(11)2/h4-8H,3,9,14H2,1-2H3. The second-order valence-electron chi connectivity index (χ2n) is 3.96. The minimum Gasteiger partial charge on any atom is -0.399 e. The summed E-state index contributed by atoms with van der Waals surface area (Å²) in [4.78, 5) is 4.31. The molecule has 3 nitrogen and oxygen atoms in total. The summed E-state index contributed by atoms with van der Waals surface area (Å²) in [6, 6.07) is 6.05. The zero-order chi connectivity index (χ0) is 11.5. The van der Waals surface area contributed by atoms with E-state index < -0.39 is 0 Å². The molecule has 0 amide bonds. The van der Waals surface area contributed by atoms with Gasteiger partial charge in [-0.05, 0) is 24.1 Å². The van der Waals surface area contributed by atoms with Crippen LogP contribution in [0.25, 0.3) is 0 Å². The van der Waals surface area contributed by atoms with Crippen molar-refractivity contribution in [1.82, 2.24) is 9.55 Å². The van der Waals surface area contributed by atoms with Gasteiger partial charge in [0.2, 0.25) is 0 Å². The van der Waals surface area contributed by atoms with Crippen molar-refractivity contribution in [1.29, 1.82) is 0 Å². The quantitative estimate of drug-likeness (QED) is 0.799. The summed E-state index contributed by atoms with van der Waals surface area (Å²) in [5, 5.41) is 0. The summed E-state index contributed by atoms with van der Waals surface area (Å²) in [7, 11) is 0. The first kappa shape index (κ1) is 10.7. The minimum absolute atomic E-state index is 0.847. The fourth-order valence-electron chi connectivity index (χ4n) is 1.86. The molecule has 2 aromatic rings. The smallest absolute Gasteiger partial charge is 0.108 e. The number of imidazole rings is 1. The minimum atomic E-state index is 0.847. The number of aryl methyl sites for hydroxylation is 1. The number of nitrogens with two attached hydrogens (primary N) is 1. The Labute approximate surface area is 95.9 Å². The summed E-state index contributed by atoms with van der Waals surface area (Å²) in [5.41, 5.74) is 9.17. The highest BCUT2D eigenvalue weighted by Gasteiger charge is 2.04. The normalized spacial score (nSPS) is 10.6. The van der Waals surface area contributed by atoms with Gasteiger partial charge >= 0.3 is 0 Å². The van der Waals surface area contributed by atoms with Gasteiger partial charge in [0.05, 0.1) is 0 Å². The van der Waals surface area contributed by atoms with Gasteiger partial charge in [0.1, 0.15) is 5.82 Å². The van der Waals surface area contributed by atoms with Crippen molar-refractivity contribution >= 4 is 5.69 Å². The Morgan fingerprint density at radius 2 is 2.19 bits per heavy atom. The molecule has 0 atom stereocenters. The van der Waals surface area contributed by atoms with Gasteiger partial charge in [0.25, 0.3) is 0 Å². The lowest BCUT2D eigenvalue weighted by atomic mass is 10.1. The van der Waals surface area contributed by atoms with Crippen LogP contribution in [-0.4, -0.2) is 9.55 Å². The number of rotatable bonds is 3. The monoisotopic (exact) mass is 215 g/mol. The van der Waals surface area contributed by atoms with Crippen molar-refractivity contribution in [2.24, 2.45) is 0 Å². The molecule has 16 heavy (non-hydrogen) atoms. The van der Waals surface area contributed by atoms with Crippen LogP contribution in [0.15, 0.2) is 30.6 Å². The fourth-order valence-corrected chi connectivity index (χ4v) is 1.86. The predicted molar refractivity (Wildman–Crippen MR) is 66.3 cm³/mol. The summed E-state index contributed by atoms with van der Waals surface area (Å²) >= 11 is 0. The molecular formula is C13H17N3. The van der Waals surface area contributed by atoms with Gasteiger partial charge in [-0.3, -0.25) is 0 Å². The average Bonchev–Trinajstić information content (AvgIpc) is 2.72. The molecule has 1 aromatic carbocycles. The average molecular weight is 215 g/mol. The number of hydrogen-bond donors (Lipinski definition) is 1. The Morgan fingerprint density at radius 1 is 1.38 bits per heavy atom.